The molecule has 21 heavy (non-hydrogen) atoms. The third kappa shape index (κ3) is 2.75. The maximum atomic E-state index is 12.3. The second-order valence-corrected chi connectivity index (χ2v) is 7.60. The summed E-state index contributed by atoms with van der Waals surface area (Å²) in [4.78, 5) is 17.9. The monoisotopic (exact) mass is 319 g/mol. The van der Waals surface area contributed by atoms with Crippen LogP contribution < -0.4 is 10.6 Å². The Balaban J connectivity index is 1.43. The molecule has 1 amide bonds. The minimum atomic E-state index is -0.0274. The number of amides is 1. The minimum Gasteiger partial charge on any atom is -0.348 e. The van der Waals surface area contributed by atoms with Crippen LogP contribution in [0, 0.1) is 0 Å². The Labute approximate surface area is 131 Å². The zero-order valence-electron chi connectivity index (χ0n) is 11.5. The molecule has 2 N–H and O–H groups in total. The van der Waals surface area contributed by atoms with E-state index in [2.05, 4.69) is 15.6 Å². The molecule has 4 rings (SSSR count). The van der Waals surface area contributed by atoms with Crippen molar-refractivity contribution in [2.75, 3.05) is 0 Å². The molecular formula is C15H17N3OS2. The van der Waals surface area contributed by atoms with Crippen molar-refractivity contribution in [2.24, 2.45) is 0 Å². The van der Waals surface area contributed by atoms with Crippen LogP contribution in [0.5, 0.6) is 0 Å². The van der Waals surface area contributed by atoms with Crippen LogP contribution in [0.4, 0.5) is 0 Å². The molecule has 4 heterocycles. The number of nitrogens with zero attached hydrogens (tertiary/aromatic N) is 1. The lowest BCUT2D eigenvalue weighted by molar-refractivity contribution is 0.0919. The molecule has 2 fully saturated rings. The van der Waals surface area contributed by atoms with E-state index in [1.807, 2.05) is 22.9 Å². The summed E-state index contributed by atoms with van der Waals surface area (Å²) in [5.41, 5.74) is 0.550. The summed E-state index contributed by atoms with van der Waals surface area (Å²) in [5, 5.41) is 11.6. The van der Waals surface area contributed by atoms with Crippen molar-refractivity contribution >= 4 is 28.6 Å². The van der Waals surface area contributed by atoms with E-state index in [9.17, 15) is 4.79 Å². The average molecular weight is 319 g/mol. The molecule has 110 valence electrons. The summed E-state index contributed by atoms with van der Waals surface area (Å²) in [6.07, 6.45) is 4.58. The number of carbonyl (C=O) groups is 1. The van der Waals surface area contributed by atoms with Gasteiger partial charge in [0.1, 0.15) is 10.7 Å². The molecule has 0 saturated carbocycles. The van der Waals surface area contributed by atoms with Crippen LogP contribution in [-0.4, -0.2) is 29.0 Å². The SMILES string of the molecule is O=C(NC1CC2CCC(C1)N2)c1csc(-c2cccs2)n1. The number of fused-ring (bicyclic) bond motifs is 2. The molecule has 2 aromatic rings. The van der Waals surface area contributed by atoms with Crippen LogP contribution in [0.2, 0.25) is 0 Å². The molecule has 0 aromatic carbocycles. The molecule has 4 nitrogen and oxygen atoms in total. The van der Waals surface area contributed by atoms with Crippen molar-refractivity contribution in [2.45, 2.75) is 43.8 Å². The van der Waals surface area contributed by atoms with Gasteiger partial charge in [0.25, 0.3) is 5.91 Å². The lowest BCUT2D eigenvalue weighted by atomic mass is 10.00. The van der Waals surface area contributed by atoms with E-state index in [1.165, 1.54) is 24.2 Å². The van der Waals surface area contributed by atoms with E-state index >= 15 is 0 Å². The molecule has 2 atom stereocenters. The molecule has 2 aromatic heterocycles. The van der Waals surface area contributed by atoms with E-state index in [-0.39, 0.29) is 5.91 Å². The van der Waals surface area contributed by atoms with Crippen molar-refractivity contribution in [1.29, 1.82) is 0 Å². The number of hydrogen-bond donors (Lipinski definition) is 2. The second-order valence-electron chi connectivity index (χ2n) is 5.79. The molecule has 2 aliphatic heterocycles. The van der Waals surface area contributed by atoms with Crippen LogP contribution in [0.15, 0.2) is 22.9 Å². The maximum absolute atomic E-state index is 12.3. The van der Waals surface area contributed by atoms with Crippen LogP contribution in [0.25, 0.3) is 9.88 Å². The van der Waals surface area contributed by atoms with Gasteiger partial charge in [-0.05, 0) is 37.1 Å². The third-order valence-corrected chi connectivity index (χ3v) is 6.16. The van der Waals surface area contributed by atoms with Gasteiger partial charge in [0.2, 0.25) is 0 Å². The topological polar surface area (TPSA) is 54.0 Å². The molecule has 2 unspecified atom stereocenters. The first-order valence-electron chi connectivity index (χ1n) is 7.34. The number of carbonyl (C=O) groups excluding carboxylic acids is 1. The Morgan fingerprint density at radius 1 is 1.29 bits per heavy atom. The van der Waals surface area contributed by atoms with E-state index in [1.54, 1.807) is 11.3 Å². The summed E-state index contributed by atoms with van der Waals surface area (Å²) >= 11 is 3.19. The van der Waals surface area contributed by atoms with E-state index in [0.29, 0.717) is 23.8 Å². The number of hydrogen-bond acceptors (Lipinski definition) is 5. The van der Waals surface area contributed by atoms with E-state index < -0.39 is 0 Å². The summed E-state index contributed by atoms with van der Waals surface area (Å²) < 4.78 is 0. The van der Waals surface area contributed by atoms with Crippen molar-refractivity contribution in [1.82, 2.24) is 15.6 Å². The maximum Gasteiger partial charge on any atom is 0.270 e. The molecule has 0 spiro atoms. The minimum absolute atomic E-state index is 0.0274. The van der Waals surface area contributed by atoms with Crippen molar-refractivity contribution in [3.63, 3.8) is 0 Å². The number of rotatable bonds is 3. The van der Waals surface area contributed by atoms with Gasteiger partial charge < -0.3 is 10.6 Å². The Bertz CT molecular complexity index is 625. The highest BCUT2D eigenvalue weighted by atomic mass is 32.1. The molecular weight excluding hydrogens is 302 g/mol. The van der Waals surface area contributed by atoms with Crippen LogP contribution in [0.1, 0.15) is 36.2 Å². The Hall–Kier alpha value is -1.24. The summed E-state index contributed by atoms with van der Waals surface area (Å²) in [7, 11) is 0. The van der Waals surface area contributed by atoms with Gasteiger partial charge in [-0.1, -0.05) is 6.07 Å². The van der Waals surface area contributed by atoms with Crippen LogP contribution >= 0.6 is 22.7 Å². The first-order valence-corrected chi connectivity index (χ1v) is 9.10. The van der Waals surface area contributed by atoms with Gasteiger partial charge in [0.05, 0.1) is 4.88 Å². The highest BCUT2D eigenvalue weighted by Gasteiger charge is 2.34. The predicted molar refractivity (Wildman–Crippen MR) is 85.9 cm³/mol. The zero-order chi connectivity index (χ0) is 14.2. The van der Waals surface area contributed by atoms with Gasteiger partial charge in [-0.3, -0.25) is 4.79 Å². The molecule has 2 saturated heterocycles. The number of nitrogens with one attached hydrogen (secondary N) is 2. The largest absolute Gasteiger partial charge is 0.348 e. The fourth-order valence-electron chi connectivity index (χ4n) is 3.33. The Kier molecular flexibility index (Phi) is 3.52. The van der Waals surface area contributed by atoms with Crippen molar-refractivity contribution < 1.29 is 4.79 Å². The molecule has 0 radical (unpaired) electrons. The first-order chi connectivity index (χ1) is 10.3. The lowest BCUT2D eigenvalue weighted by Crippen LogP contribution is -2.48. The van der Waals surface area contributed by atoms with Crippen molar-refractivity contribution in [3.8, 4) is 9.88 Å². The van der Waals surface area contributed by atoms with Gasteiger partial charge in [0, 0.05) is 23.5 Å². The first kappa shape index (κ1) is 13.4. The smallest absolute Gasteiger partial charge is 0.270 e. The quantitative estimate of drug-likeness (QED) is 0.914. The zero-order valence-corrected chi connectivity index (χ0v) is 13.2. The highest BCUT2D eigenvalue weighted by Crippen LogP contribution is 2.29. The number of thiazole rings is 1. The summed E-state index contributed by atoms with van der Waals surface area (Å²) in [6, 6.07) is 5.52. The standard InChI is InChI=1S/C15H17N3OS2/c19-14(17-11-6-9-3-4-10(7-11)16-9)12-8-21-15(18-12)13-2-1-5-20-13/h1-2,5,8-11,16H,3-4,6-7H2,(H,17,19). The lowest BCUT2D eigenvalue weighted by Gasteiger charge is -2.29. The van der Waals surface area contributed by atoms with Crippen LogP contribution in [0.3, 0.4) is 0 Å². The summed E-state index contributed by atoms with van der Waals surface area (Å²) in [5.74, 6) is -0.0274. The van der Waals surface area contributed by atoms with E-state index in [4.69, 9.17) is 0 Å². The average Bonchev–Trinajstić information content (AvgIpc) is 3.18. The fraction of sp³-hybridized carbons (Fsp3) is 0.467. The van der Waals surface area contributed by atoms with Gasteiger partial charge in [0.15, 0.2) is 0 Å². The van der Waals surface area contributed by atoms with Gasteiger partial charge in [-0.15, -0.1) is 22.7 Å². The molecule has 6 heteroatoms. The Morgan fingerprint density at radius 2 is 2.10 bits per heavy atom. The third-order valence-electron chi connectivity index (χ3n) is 4.28. The molecule has 0 aliphatic carbocycles. The van der Waals surface area contributed by atoms with Gasteiger partial charge in [-0.2, -0.15) is 0 Å². The number of piperidine rings is 1. The summed E-state index contributed by atoms with van der Waals surface area (Å²) in [6.45, 7) is 0. The van der Waals surface area contributed by atoms with Gasteiger partial charge >= 0.3 is 0 Å². The van der Waals surface area contributed by atoms with Crippen LogP contribution in [-0.2, 0) is 0 Å². The van der Waals surface area contributed by atoms with Crippen molar-refractivity contribution in [3.05, 3.63) is 28.6 Å². The number of thiophene rings is 1. The second kappa shape index (κ2) is 5.51. The number of aromatic nitrogens is 1. The molecule has 2 aliphatic rings. The Morgan fingerprint density at radius 3 is 2.81 bits per heavy atom. The fourth-order valence-corrected chi connectivity index (χ4v) is 4.94. The normalized spacial score (nSPS) is 27.7. The molecule has 2 bridgehead atoms. The van der Waals surface area contributed by atoms with E-state index in [0.717, 1.165) is 22.7 Å². The highest BCUT2D eigenvalue weighted by molar-refractivity contribution is 7.20. The predicted octanol–water partition coefficient (Wildman–Crippen LogP) is 2.88. The van der Waals surface area contributed by atoms with Gasteiger partial charge in [-0.25, -0.2) is 4.98 Å².